The zero-order chi connectivity index (χ0) is 13.6. The van der Waals surface area contributed by atoms with E-state index in [9.17, 15) is 21.6 Å². The molecule has 1 fully saturated rings. The summed E-state index contributed by atoms with van der Waals surface area (Å²) in [6, 6.07) is 0. The van der Waals surface area contributed by atoms with Crippen molar-refractivity contribution in [3.63, 3.8) is 0 Å². The highest BCUT2D eigenvalue weighted by atomic mass is 35.5. The molecule has 0 atom stereocenters. The summed E-state index contributed by atoms with van der Waals surface area (Å²) in [4.78, 5) is 7.79. The molecule has 0 radical (unpaired) electrons. The summed E-state index contributed by atoms with van der Waals surface area (Å²) in [6.07, 6.45) is -4.11. The highest BCUT2D eigenvalue weighted by Gasteiger charge is 2.39. The highest BCUT2D eigenvalue weighted by Crippen LogP contribution is 2.36. The molecule has 0 bridgehead atoms. The van der Waals surface area contributed by atoms with Crippen LogP contribution in [0.3, 0.4) is 0 Å². The third kappa shape index (κ3) is 2.66. The van der Waals surface area contributed by atoms with Crippen LogP contribution in [-0.4, -0.2) is 36.6 Å². The van der Waals surface area contributed by atoms with Crippen molar-refractivity contribution in [3.05, 3.63) is 17.0 Å². The molecule has 100 valence electrons. The molecule has 0 aliphatic carbocycles. The van der Waals surface area contributed by atoms with Gasteiger partial charge in [-0.25, -0.2) is 13.4 Å². The Morgan fingerprint density at radius 2 is 2.06 bits per heavy atom. The summed E-state index contributed by atoms with van der Waals surface area (Å²) in [7, 11) is -3.36. The number of sulfone groups is 1. The normalized spacial score (nSPS) is 19.2. The Hall–Kier alpha value is -1.09. The predicted molar refractivity (Wildman–Crippen MR) is 58.0 cm³/mol. The topological polar surface area (TPSA) is 63.2 Å². The van der Waals surface area contributed by atoms with Crippen molar-refractivity contribution in [3.8, 4) is 0 Å². The number of anilines is 1. The van der Waals surface area contributed by atoms with E-state index >= 15 is 0 Å². The molecule has 0 aromatic carbocycles. The third-order valence-electron chi connectivity index (χ3n) is 2.37. The second-order valence-electron chi connectivity index (χ2n) is 3.71. The van der Waals surface area contributed by atoms with Crippen molar-refractivity contribution in [2.45, 2.75) is 6.18 Å². The maximum Gasteiger partial charge on any atom is 0.421 e. The van der Waals surface area contributed by atoms with E-state index in [1.54, 1.807) is 0 Å². The molecular weight excluding hydrogens is 295 g/mol. The molecule has 18 heavy (non-hydrogen) atoms. The summed E-state index contributed by atoms with van der Waals surface area (Å²) < 4.78 is 60.7. The fourth-order valence-corrected chi connectivity index (χ4v) is 3.06. The van der Waals surface area contributed by atoms with Gasteiger partial charge >= 0.3 is 6.18 Å². The van der Waals surface area contributed by atoms with Gasteiger partial charge in [0.2, 0.25) is 5.28 Å². The lowest BCUT2D eigenvalue weighted by molar-refractivity contribution is -0.137. The van der Waals surface area contributed by atoms with Gasteiger partial charge < -0.3 is 4.90 Å². The molecule has 1 aromatic rings. The summed E-state index contributed by atoms with van der Waals surface area (Å²) in [6.45, 7) is -0.0429. The lowest BCUT2D eigenvalue weighted by Gasteiger charge is -2.19. The SMILES string of the molecule is O=S1(=O)CCN(c2nc(Cl)ncc2C(F)(F)F)C1. The van der Waals surface area contributed by atoms with E-state index in [1.807, 2.05) is 0 Å². The smallest absolute Gasteiger partial charge is 0.341 e. The first-order valence-corrected chi connectivity index (χ1v) is 6.94. The van der Waals surface area contributed by atoms with Crippen LogP contribution in [0.25, 0.3) is 0 Å². The van der Waals surface area contributed by atoms with E-state index < -0.39 is 33.3 Å². The fraction of sp³-hybridized carbons (Fsp3) is 0.500. The second kappa shape index (κ2) is 4.23. The van der Waals surface area contributed by atoms with Gasteiger partial charge in [0, 0.05) is 12.7 Å². The minimum Gasteiger partial charge on any atom is -0.341 e. The number of nitrogens with zero attached hydrogens (tertiary/aromatic N) is 3. The molecule has 0 amide bonds. The van der Waals surface area contributed by atoms with E-state index in [-0.39, 0.29) is 17.6 Å². The van der Waals surface area contributed by atoms with Crippen LogP contribution in [0.15, 0.2) is 6.20 Å². The molecule has 2 heterocycles. The van der Waals surface area contributed by atoms with Crippen LogP contribution < -0.4 is 4.90 Å². The minimum absolute atomic E-state index is 0.0429. The summed E-state index contributed by atoms with van der Waals surface area (Å²) in [5, 5.41) is -0.359. The van der Waals surface area contributed by atoms with Crippen molar-refractivity contribution in [2.75, 3.05) is 23.1 Å². The first-order chi connectivity index (χ1) is 8.19. The molecule has 1 aliphatic rings. The second-order valence-corrected chi connectivity index (χ2v) is 6.21. The predicted octanol–water partition coefficient (Wildman–Crippen LogP) is 1.34. The molecule has 1 aliphatic heterocycles. The van der Waals surface area contributed by atoms with Crippen molar-refractivity contribution >= 4 is 27.3 Å². The molecule has 0 spiro atoms. The zero-order valence-corrected chi connectivity index (χ0v) is 10.3. The average Bonchev–Trinajstić information content (AvgIpc) is 2.57. The Morgan fingerprint density at radius 3 is 2.56 bits per heavy atom. The van der Waals surface area contributed by atoms with Gasteiger partial charge in [0.1, 0.15) is 17.3 Å². The molecule has 1 aromatic heterocycles. The lowest BCUT2D eigenvalue weighted by atomic mass is 10.3. The monoisotopic (exact) mass is 301 g/mol. The van der Waals surface area contributed by atoms with Crippen molar-refractivity contribution in [1.29, 1.82) is 0 Å². The van der Waals surface area contributed by atoms with Gasteiger partial charge in [-0.1, -0.05) is 0 Å². The van der Waals surface area contributed by atoms with Crippen LogP contribution in [-0.2, 0) is 16.0 Å². The molecule has 0 unspecified atom stereocenters. The van der Waals surface area contributed by atoms with E-state index in [2.05, 4.69) is 9.97 Å². The molecule has 0 saturated carbocycles. The van der Waals surface area contributed by atoms with E-state index in [4.69, 9.17) is 11.6 Å². The molecule has 5 nitrogen and oxygen atoms in total. The molecule has 0 N–H and O–H groups in total. The number of alkyl halides is 3. The Labute approximate surface area is 106 Å². The van der Waals surface area contributed by atoms with Crippen molar-refractivity contribution < 1.29 is 21.6 Å². The van der Waals surface area contributed by atoms with Gasteiger partial charge in [0.25, 0.3) is 0 Å². The molecular formula is C8H7ClF3N3O2S. The van der Waals surface area contributed by atoms with Crippen LogP contribution in [0, 0.1) is 0 Å². The van der Waals surface area contributed by atoms with Crippen LogP contribution in [0.1, 0.15) is 5.56 Å². The first kappa shape index (κ1) is 13.3. The Balaban J connectivity index is 2.47. The first-order valence-electron chi connectivity index (χ1n) is 4.74. The average molecular weight is 302 g/mol. The quantitative estimate of drug-likeness (QED) is 0.733. The van der Waals surface area contributed by atoms with Crippen LogP contribution in [0.5, 0.6) is 0 Å². The van der Waals surface area contributed by atoms with Crippen LogP contribution in [0.2, 0.25) is 5.28 Å². The van der Waals surface area contributed by atoms with Gasteiger partial charge in [-0.3, -0.25) is 0 Å². The summed E-state index contributed by atoms with van der Waals surface area (Å²) in [5.74, 6) is -1.20. The molecule has 2 rings (SSSR count). The van der Waals surface area contributed by atoms with Crippen LogP contribution in [0.4, 0.5) is 19.0 Å². The Kier molecular flexibility index (Phi) is 3.14. The standard InChI is InChI=1S/C8H7ClF3N3O2S/c9-7-13-3-5(8(10,11)12)6(14-7)15-1-2-18(16,17)4-15/h3H,1-2,4H2. The summed E-state index contributed by atoms with van der Waals surface area (Å²) in [5.41, 5.74) is -1.09. The van der Waals surface area contributed by atoms with Gasteiger partial charge in [0.05, 0.1) is 5.75 Å². The lowest BCUT2D eigenvalue weighted by Crippen LogP contribution is -2.25. The van der Waals surface area contributed by atoms with Crippen molar-refractivity contribution in [2.24, 2.45) is 0 Å². The minimum atomic E-state index is -4.66. The fourth-order valence-electron chi connectivity index (χ4n) is 1.58. The molecule has 10 heteroatoms. The Morgan fingerprint density at radius 1 is 1.39 bits per heavy atom. The van der Waals surface area contributed by atoms with Gasteiger partial charge in [0.15, 0.2) is 9.84 Å². The van der Waals surface area contributed by atoms with E-state index in [1.165, 1.54) is 0 Å². The van der Waals surface area contributed by atoms with Crippen molar-refractivity contribution in [1.82, 2.24) is 9.97 Å². The number of halogens is 4. The van der Waals surface area contributed by atoms with Gasteiger partial charge in [-0.05, 0) is 11.6 Å². The number of hydrogen-bond donors (Lipinski definition) is 0. The highest BCUT2D eigenvalue weighted by molar-refractivity contribution is 7.91. The Bertz CT molecular complexity index is 575. The molecule has 1 saturated heterocycles. The van der Waals surface area contributed by atoms with E-state index in [0.29, 0.717) is 6.20 Å². The number of hydrogen-bond acceptors (Lipinski definition) is 5. The maximum absolute atomic E-state index is 12.7. The van der Waals surface area contributed by atoms with Gasteiger partial charge in [-0.2, -0.15) is 18.2 Å². The number of rotatable bonds is 1. The summed E-state index contributed by atoms with van der Waals surface area (Å²) >= 11 is 5.45. The maximum atomic E-state index is 12.7. The van der Waals surface area contributed by atoms with Gasteiger partial charge in [-0.15, -0.1) is 0 Å². The third-order valence-corrected chi connectivity index (χ3v) is 4.06. The zero-order valence-electron chi connectivity index (χ0n) is 8.78. The van der Waals surface area contributed by atoms with Crippen LogP contribution >= 0.6 is 11.6 Å². The largest absolute Gasteiger partial charge is 0.421 e. The number of aromatic nitrogens is 2. The van der Waals surface area contributed by atoms with E-state index in [0.717, 1.165) is 4.90 Å².